The van der Waals surface area contributed by atoms with Crippen LogP contribution in [-0.4, -0.2) is 6.54 Å². The van der Waals surface area contributed by atoms with Gasteiger partial charge in [-0.1, -0.05) is 18.2 Å². The average Bonchev–Trinajstić information content (AvgIpc) is 2.95. The Morgan fingerprint density at radius 1 is 1.09 bits per heavy atom. The highest BCUT2D eigenvalue weighted by atomic mass is 32.1. The molecule has 0 fully saturated rings. The summed E-state index contributed by atoms with van der Waals surface area (Å²) in [5.74, 6) is -1.36. The third kappa shape index (κ3) is 1.93. The molecule has 0 N–H and O–H groups in total. The molecule has 0 bridgehead atoms. The molecule has 1 aliphatic rings. The molecule has 0 atom stereocenters. The molecule has 22 heavy (non-hydrogen) atoms. The highest BCUT2D eigenvalue weighted by molar-refractivity contribution is 7.71. The van der Waals surface area contributed by atoms with Gasteiger partial charge in [-0.15, -0.1) is 0 Å². The second-order valence-corrected chi connectivity index (χ2v) is 5.59. The van der Waals surface area contributed by atoms with E-state index in [9.17, 15) is 8.78 Å². The Morgan fingerprint density at radius 3 is 2.64 bits per heavy atom. The number of hydrogen-bond acceptors (Lipinski definition) is 3. The number of anilines is 2. The van der Waals surface area contributed by atoms with Crippen molar-refractivity contribution in [3.8, 4) is 0 Å². The largest absolute Gasteiger partial charge is 0.442 e. The van der Waals surface area contributed by atoms with E-state index in [0.29, 0.717) is 18.4 Å². The standard InChI is InChI=1S/C17H11F2NOS/c18-10-8-13-15-12(17(22)21-16(13)14(19)9-10)6-7-20(15)11-4-2-1-3-5-11/h1-5,8-9H,6-7H2. The Balaban J connectivity index is 2.07. The van der Waals surface area contributed by atoms with Crippen LogP contribution in [0.3, 0.4) is 0 Å². The lowest BCUT2D eigenvalue weighted by Crippen LogP contribution is -2.13. The molecule has 0 aliphatic carbocycles. The van der Waals surface area contributed by atoms with Gasteiger partial charge in [0, 0.05) is 29.2 Å². The third-order valence-corrected chi connectivity index (χ3v) is 4.24. The predicted octanol–water partition coefficient (Wildman–Crippen LogP) is 5.13. The molecule has 3 aromatic rings. The van der Waals surface area contributed by atoms with Gasteiger partial charge in [-0.3, -0.25) is 0 Å². The smallest absolute Gasteiger partial charge is 0.196 e. The fourth-order valence-corrected chi connectivity index (χ4v) is 3.27. The van der Waals surface area contributed by atoms with E-state index >= 15 is 0 Å². The Kier molecular flexibility index (Phi) is 2.97. The molecular weight excluding hydrogens is 304 g/mol. The quantitative estimate of drug-likeness (QED) is 0.579. The van der Waals surface area contributed by atoms with Crippen LogP contribution in [0.1, 0.15) is 5.56 Å². The van der Waals surface area contributed by atoms with Crippen LogP contribution in [0.15, 0.2) is 46.9 Å². The molecule has 2 nitrogen and oxygen atoms in total. The van der Waals surface area contributed by atoms with Gasteiger partial charge in [-0.2, -0.15) is 0 Å². The molecule has 2 heterocycles. The monoisotopic (exact) mass is 315 g/mol. The first-order valence-electron chi connectivity index (χ1n) is 6.92. The zero-order chi connectivity index (χ0) is 15.3. The second-order valence-electron chi connectivity index (χ2n) is 5.22. The first-order valence-corrected chi connectivity index (χ1v) is 7.33. The van der Waals surface area contributed by atoms with E-state index in [4.69, 9.17) is 16.6 Å². The third-order valence-electron chi connectivity index (χ3n) is 3.91. The van der Waals surface area contributed by atoms with Crippen molar-refractivity contribution in [3.05, 3.63) is 64.4 Å². The van der Waals surface area contributed by atoms with Crippen molar-refractivity contribution < 1.29 is 13.2 Å². The first-order chi connectivity index (χ1) is 10.6. The van der Waals surface area contributed by atoms with Crippen molar-refractivity contribution in [3.63, 3.8) is 0 Å². The van der Waals surface area contributed by atoms with Gasteiger partial charge in [0.25, 0.3) is 0 Å². The van der Waals surface area contributed by atoms with Crippen molar-refractivity contribution in [1.29, 1.82) is 0 Å². The molecule has 5 heteroatoms. The van der Waals surface area contributed by atoms with E-state index < -0.39 is 11.6 Å². The second kappa shape index (κ2) is 4.88. The van der Waals surface area contributed by atoms with Crippen molar-refractivity contribution >= 4 is 34.6 Å². The summed E-state index contributed by atoms with van der Waals surface area (Å²) in [6.45, 7) is 0.704. The van der Waals surface area contributed by atoms with E-state index in [1.54, 1.807) is 0 Å². The van der Waals surface area contributed by atoms with E-state index in [1.807, 2.05) is 35.2 Å². The topological polar surface area (TPSA) is 16.4 Å². The molecule has 0 unspecified atom stereocenters. The van der Waals surface area contributed by atoms with Gasteiger partial charge < -0.3 is 9.32 Å². The van der Waals surface area contributed by atoms with Crippen LogP contribution < -0.4 is 4.90 Å². The summed E-state index contributed by atoms with van der Waals surface area (Å²) in [5.41, 5.74) is 2.55. The van der Waals surface area contributed by atoms with Crippen LogP contribution in [0.2, 0.25) is 0 Å². The maximum atomic E-state index is 14.0. The fourth-order valence-electron chi connectivity index (χ4n) is 2.98. The highest BCUT2D eigenvalue weighted by Gasteiger charge is 2.27. The number of halogens is 2. The SMILES string of the molecule is Fc1cc(F)c2oc(=S)c3c(c2c1)N(c1ccccc1)CC3. The summed E-state index contributed by atoms with van der Waals surface area (Å²) in [4.78, 5) is 2.03. The molecule has 110 valence electrons. The summed E-state index contributed by atoms with van der Waals surface area (Å²) in [6, 6.07) is 11.8. The van der Waals surface area contributed by atoms with Gasteiger partial charge in [0.15, 0.2) is 16.1 Å². The molecule has 0 amide bonds. The summed E-state index contributed by atoms with van der Waals surface area (Å²) in [6.07, 6.45) is 0.695. The molecular formula is C17H11F2NOS. The predicted molar refractivity (Wildman–Crippen MR) is 84.1 cm³/mol. The summed E-state index contributed by atoms with van der Waals surface area (Å²) < 4.78 is 33.4. The van der Waals surface area contributed by atoms with Crippen LogP contribution in [0, 0.1) is 16.3 Å². The average molecular weight is 315 g/mol. The lowest BCUT2D eigenvalue weighted by atomic mass is 10.1. The van der Waals surface area contributed by atoms with Crippen molar-refractivity contribution in [2.75, 3.05) is 11.4 Å². The van der Waals surface area contributed by atoms with E-state index in [-0.39, 0.29) is 10.3 Å². The molecule has 0 spiro atoms. The number of hydrogen-bond donors (Lipinski definition) is 0. The van der Waals surface area contributed by atoms with Gasteiger partial charge in [-0.25, -0.2) is 8.78 Å². The van der Waals surface area contributed by atoms with E-state index in [1.165, 1.54) is 6.07 Å². The van der Waals surface area contributed by atoms with Crippen LogP contribution in [-0.2, 0) is 6.42 Å². The van der Waals surface area contributed by atoms with Crippen molar-refractivity contribution in [1.82, 2.24) is 0 Å². The maximum absolute atomic E-state index is 14.0. The van der Waals surface area contributed by atoms with Crippen LogP contribution in [0.5, 0.6) is 0 Å². The summed E-state index contributed by atoms with van der Waals surface area (Å²) in [5, 5.41) is 0.419. The molecule has 1 aliphatic heterocycles. The number of para-hydroxylation sites is 1. The zero-order valence-corrected chi connectivity index (χ0v) is 12.3. The minimum absolute atomic E-state index is 0.00739. The Hall–Kier alpha value is -2.27. The van der Waals surface area contributed by atoms with Crippen LogP contribution in [0.25, 0.3) is 11.0 Å². The zero-order valence-electron chi connectivity index (χ0n) is 11.5. The minimum atomic E-state index is -0.733. The Labute approximate surface area is 130 Å². The molecule has 0 saturated heterocycles. The van der Waals surface area contributed by atoms with Crippen molar-refractivity contribution in [2.24, 2.45) is 0 Å². The molecule has 2 aromatic carbocycles. The normalized spacial score (nSPS) is 13.6. The van der Waals surface area contributed by atoms with Gasteiger partial charge in [0.1, 0.15) is 5.82 Å². The van der Waals surface area contributed by atoms with Gasteiger partial charge in [0.05, 0.1) is 5.69 Å². The number of rotatable bonds is 1. The molecule has 4 rings (SSSR count). The molecule has 1 aromatic heterocycles. The van der Waals surface area contributed by atoms with Gasteiger partial charge in [-0.05, 0) is 36.8 Å². The highest BCUT2D eigenvalue weighted by Crippen LogP contribution is 2.41. The Morgan fingerprint density at radius 2 is 1.86 bits per heavy atom. The van der Waals surface area contributed by atoms with Crippen LogP contribution >= 0.6 is 12.2 Å². The first kappa shape index (κ1) is 13.4. The number of benzene rings is 2. The molecule has 0 saturated carbocycles. The van der Waals surface area contributed by atoms with E-state index in [0.717, 1.165) is 23.0 Å². The minimum Gasteiger partial charge on any atom is -0.442 e. The van der Waals surface area contributed by atoms with Crippen molar-refractivity contribution in [2.45, 2.75) is 6.42 Å². The fraction of sp³-hybridized carbons (Fsp3) is 0.118. The number of nitrogens with zero attached hydrogens (tertiary/aromatic N) is 1. The lowest BCUT2D eigenvalue weighted by Gasteiger charge is -2.21. The maximum Gasteiger partial charge on any atom is 0.196 e. The summed E-state index contributed by atoms with van der Waals surface area (Å²) in [7, 11) is 0. The van der Waals surface area contributed by atoms with Gasteiger partial charge >= 0.3 is 0 Å². The van der Waals surface area contributed by atoms with Gasteiger partial charge in [0.2, 0.25) is 0 Å². The molecule has 0 radical (unpaired) electrons. The number of fused-ring (bicyclic) bond motifs is 3. The Bertz CT molecular complexity index is 937. The van der Waals surface area contributed by atoms with E-state index in [2.05, 4.69) is 0 Å². The lowest BCUT2D eigenvalue weighted by molar-refractivity contribution is 0.528. The van der Waals surface area contributed by atoms with Crippen LogP contribution in [0.4, 0.5) is 20.2 Å². The summed E-state index contributed by atoms with van der Waals surface area (Å²) >= 11 is 5.25.